The molecule has 2 aliphatic rings. The number of amides is 1. The standard InChI is InChI=1S/C29H40F3N3O3/c1-7-20(2)18-23(9-8-21(3)29(30,31)32)35(25-19-33-15-12-26(25)37-24-10-11-24)22-13-16-34(17-14-22)27(36)38-28(4,5)6/h8-9,12,15,18-19,22,24H,7,10-11,13-14,16-17H2,1-6H3/b20-18+,21-8+,23-9+. The van der Waals surface area contributed by atoms with Gasteiger partial charge in [-0.1, -0.05) is 18.6 Å². The predicted octanol–water partition coefficient (Wildman–Crippen LogP) is 7.58. The Balaban J connectivity index is 2.02. The zero-order chi connectivity index (χ0) is 28.1. The quantitative estimate of drug-likeness (QED) is 0.321. The van der Waals surface area contributed by atoms with E-state index in [0.29, 0.717) is 43.1 Å². The third-order valence-corrected chi connectivity index (χ3v) is 6.50. The van der Waals surface area contributed by atoms with Crippen molar-refractivity contribution in [3.8, 4) is 5.75 Å². The zero-order valence-corrected chi connectivity index (χ0v) is 23.3. The van der Waals surface area contributed by atoms with Crippen molar-refractivity contribution in [2.45, 2.75) is 97.6 Å². The van der Waals surface area contributed by atoms with Crippen molar-refractivity contribution in [3.63, 3.8) is 0 Å². The van der Waals surface area contributed by atoms with E-state index in [0.717, 1.165) is 37.8 Å². The zero-order valence-electron chi connectivity index (χ0n) is 23.3. The Bertz CT molecular complexity index is 1060. The number of halogens is 3. The van der Waals surface area contributed by atoms with Crippen molar-refractivity contribution in [1.29, 1.82) is 0 Å². The predicted molar refractivity (Wildman–Crippen MR) is 143 cm³/mol. The van der Waals surface area contributed by atoms with Gasteiger partial charge in [-0.05, 0) is 78.9 Å². The molecule has 1 aromatic heterocycles. The highest BCUT2D eigenvalue weighted by Crippen LogP contribution is 2.38. The molecule has 0 unspecified atom stereocenters. The van der Waals surface area contributed by atoms with Crippen LogP contribution in [0.5, 0.6) is 5.75 Å². The van der Waals surface area contributed by atoms with E-state index in [1.807, 2.05) is 45.6 Å². The minimum atomic E-state index is -4.41. The monoisotopic (exact) mass is 535 g/mol. The van der Waals surface area contributed by atoms with Crippen molar-refractivity contribution in [2.24, 2.45) is 0 Å². The topological polar surface area (TPSA) is 54.9 Å². The van der Waals surface area contributed by atoms with Gasteiger partial charge in [0.2, 0.25) is 0 Å². The third-order valence-electron chi connectivity index (χ3n) is 6.50. The summed E-state index contributed by atoms with van der Waals surface area (Å²) in [5.41, 5.74) is 1.08. The first-order valence-electron chi connectivity index (χ1n) is 13.3. The molecule has 1 saturated carbocycles. The Labute approximate surface area is 224 Å². The number of carbonyl (C=O) groups excluding carboxylic acids is 1. The number of allylic oxidation sites excluding steroid dienone is 5. The molecule has 0 aromatic carbocycles. The first kappa shape index (κ1) is 29.6. The normalized spacial score (nSPS) is 18.4. The molecule has 2 fully saturated rings. The van der Waals surface area contributed by atoms with Crippen LogP contribution in [0.2, 0.25) is 0 Å². The molecule has 0 atom stereocenters. The number of hydrogen-bond donors (Lipinski definition) is 0. The number of nitrogens with zero attached hydrogens (tertiary/aromatic N) is 3. The van der Waals surface area contributed by atoms with Crippen LogP contribution in [0.25, 0.3) is 0 Å². The number of piperidine rings is 1. The van der Waals surface area contributed by atoms with E-state index in [1.165, 1.54) is 6.08 Å². The van der Waals surface area contributed by atoms with Crippen LogP contribution in [0, 0.1) is 0 Å². The van der Waals surface area contributed by atoms with Gasteiger partial charge in [-0.25, -0.2) is 4.79 Å². The fraction of sp³-hybridized carbons (Fsp3) is 0.586. The number of rotatable bonds is 8. The number of likely N-dealkylation sites (tertiary alicyclic amines) is 1. The average molecular weight is 536 g/mol. The SMILES string of the molecule is CC/C(C)=C/C(=C\C=C(/C)C(F)(F)F)N(c1cnccc1OC1CC1)C1CCN(C(=O)OC(C)(C)C)CC1. The van der Waals surface area contributed by atoms with Gasteiger partial charge in [-0.15, -0.1) is 0 Å². The minimum Gasteiger partial charge on any atom is -0.488 e. The summed E-state index contributed by atoms with van der Waals surface area (Å²) in [6.07, 6.45) is 7.22. The Kier molecular flexibility index (Phi) is 9.54. The van der Waals surface area contributed by atoms with Gasteiger partial charge in [0, 0.05) is 42.7 Å². The van der Waals surface area contributed by atoms with Gasteiger partial charge in [0.15, 0.2) is 0 Å². The number of anilines is 1. The Hall–Kier alpha value is -2.97. The van der Waals surface area contributed by atoms with Gasteiger partial charge in [0.25, 0.3) is 0 Å². The van der Waals surface area contributed by atoms with Crippen LogP contribution in [0.15, 0.2) is 53.5 Å². The molecular weight excluding hydrogens is 495 g/mol. The summed E-state index contributed by atoms with van der Waals surface area (Å²) < 4.78 is 51.8. The van der Waals surface area contributed by atoms with Crippen LogP contribution in [0.1, 0.15) is 73.6 Å². The summed E-state index contributed by atoms with van der Waals surface area (Å²) in [6, 6.07) is 1.72. The number of pyridine rings is 1. The van der Waals surface area contributed by atoms with Crippen molar-refractivity contribution < 1.29 is 27.4 Å². The van der Waals surface area contributed by atoms with Crippen LogP contribution >= 0.6 is 0 Å². The maximum Gasteiger partial charge on any atom is 0.412 e. The molecule has 0 N–H and O–H groups in total. The minimum absolute atomic E-state index is 0.0915. The molecule has 0 bridgehead atoms. The van der Waals surface area contributed by atoms with Gasteiger partial charge in [0.05, 0.1) is 12.3 Å². The Morgan fingerprint density at radius 3 is 2.34 bits per heavy atom. The molecule has 210 valence electrons. The Morgan fingerprint density at radius 2 is 1.79 bits per heavy atom. The molecule has 38 heavy (non-hydrogen) atoms. The highest BCUT2D eigenvalue weighted by molar-refractivity contribution is 5.69. The lowest BCUT2D eigenvalue weighted by Crippen LogP contribution is -2.48. The largest absolute Gasteiger partial charge is 0.488 e. The molecule has 9 heteroatoms. The number of ether oxygens (including phenoxy) is 2. The molecule has 3 rings (SSSR count). The van der Waals surface area contributed by atoms with E-state index in [2.05, 4.69) is 4.98 Å². The number of hydrogen-bond acceptors (Lipinski definition) is 5. The maximum absolute atomic E-state index is 13.4. The number of carbonyl (C=O) groups is 1. The molecule has 0 spiro atoms. The average Bonchev–Trinajstić information content (AvgIpc) is 3.66. The van der Waals surface area contributed by atoms with Crippen LogP contribution in [-0.2, 0) is 4.74 Å². The highest BCUT2D eigenvalue weighted by atomic mass is 19.4. The molecule has 1 aliphatic carbocycles. The van der Waals surface area contributed by atoms with E-state index in [4.69, 9.17) is 9.47 Å². The lowest BCUT2D eigenvalue weighted by atomic mass is 10.0. The van der Waals surface area contributed by atoms with Crippen molar-refractivity contribution in [2.75, 3.05) is 18.0 Å². The van der Waals surface area contributed by atoms with Gasteiger partial charge in [0.1, 0.15) is 17.0 Å². The van der Waals surface area contributed by atoms with E-state index in [1.54, 1.807) is 23.4 Å². The molecule has 1 aromatic rings. The van der Waals surface area contributed by atoms with Crippen molar-refractivity contribution in [3.05, 3.63) is 53.5 Å². The third kappa shape index (κ3) is 8.53. The first-order valence-corrected chi connectivity index (χ1v) is 13.3. The smallest absolute Gasteiger partial charge is 0.412 e. The second-order valence-corrected chi connectivity index (χ2v) is 11.0. The summed E-state index contributed by atoms with van der Waals surface area (Å²) in [7, 11) is 0. The van der Waals surface area contributed by atoms with E-state index in [9.17, 15) is 18.0 Å². The molecule has 1 aliphatic heterocycles. The van der Waals surface area contributed by atoms with E-state index >= 15 is 0 Å². The van der Waals surface area contributed by atoms with E-state index in [-0.39, 0.29) is 18.2 Å². The first-order chi connectivity index (χ1) is 17.8. The number of alkyl halides is 3. The van der Waals surface area contributed by atoms with Crippen LogP contribution in [0.4, 0.5) is 23.7 Å². The number of aromatic nitrogens is 1. The second-order valence-electron chi connectivity index (χ2n) is 11.0. The van der Waals surface area contributed by atoms with Crippen LogP contribution < -0.4 is 9.64 Å². The lowest BCUT2D eigenvalue weighted by Gasteiger charge is -2.41. The molecule has 1 amide bonds. The highest BCUT2D eigenvalue weighted by Gasteiger charge is 2.34. The molecule has 2 heterocycles. The van der Waals surface area contributed by atoms with Crippen LogP contribution in [-0.4, -0.2) is 53.0 Å². The van der Waals surface area contributed by atoms with Gasteiger partial charge in [-0.3, -0.25) is 4.98 Å². The summed E-state index contributed by atoms with van der Waals surface area (Å²) in [5, 5.41) is 0. The van der Waals surface area contributed by atoms with E-state index < -0.39 is 17.4 Å². The fourth-order valence-electron chi connectivity index (χ4n) is 4.06. The molecular formula is C29H40F3N3O3. The molecule has 0 radical (unpaired) electrons. The van der Waals surface area contributed by atoms with Gasteiger partial charge < -0.3 is 19.3 Å². The molecule has 1 saturated heterocycles. The fourth-order valence-corrected chi connectivity index (χ4v) is 4.06. The van der Waals surface area contributed by atoms with Crippen molar-refractivity contribution in [1.82, 2.24) is 9.88 Å². The maximum atomic E-state index is 13.4. The second kappa shape index (κ2) is 12.3. The van der Waals surface area contributed by atoms with Gasteiger partial charge in [-0.2, -0.15) is 13.2 Å². The van der Waals surface area contributed by atoms with Crippen molar-refractivity contribution >= 4 is 11.8 Å². The summed E-state index contributed by atoms with van der Waals surface area (Å²) in [5.74, 6) is 0.655. The lowest BCUT2D eigenvalue weighted by molar-refractivity contribution is -0.0913. The summed E-state index contributed by atoms with van der Waals surface area (Å²) in [4.78, 5) is 20.7. The Morgan fingerprint density at radius 1 is 1.13 bits per heavy atom. The summed E-state index contributed by atoms with van der Waals surface area (Å²) in [6.45, 7) is 11.5. The van der Waals surface area contributed by atoms with Gasteiger partial charge >= 0.3 is 12.3 Å². The summed E-state index contributed by atoms with van der Waals surface area (Å²) >= 11 is 0. The molecule has 6 nitrogen and oxygen atoms in total. The van der Waals surface area contributed by atoms with Crippen LogP contribution in [0.3, 0.4) is 0 Å².